The maximum Gasteiger partial charge on any atom is 0.264 e. The lowest BCUT2D eigenvalue weighted by atomic mass is 10.2. The lowest BCUT2D eigenvalue weighted by molar-refractivity contribution is -0.868. The average molecular weight is 382 g/mol. The Bertz CT molecular complexity index is 587. The van der Waals surface area contributed by atoms with Gasteiger partial charge in [-0.1, -0.05) is 0 Å². The zero-order valence-electron chi connectivity index (χ0n) is 14.1. The highest BCUT2D eigenvalue weighted by Crippen LogP contribution is 2.21. The van der Waals surface area contributed by atoms with Gasteiger partial charge in [0.15, 0.2) is 0 Å². The number of halogens is 1. The number of azo groups is 1. The van der Waals surface area contributed by atoms with E-state index >= 15 is 0 Å². The Morgan fingerprint density at radius 3 is 2.35 bits per heavy atom. The summed E-state index contributed by atoms with van der Waals surface area (Å²) in [6, 6.07) is 8.08. The van der Waals surface area contributed by atoms with Crippen molar-refractivity contribution in [2.45, 2.75) is 6.92 Å². The van der Waals surface area contributed by atoms with E-state index < -0.39 is 0 Å². The molecule has 0 saturated carbocycles. The zero-order valence-corrected chi connectivity index (χ0v) is 15.7. The van der Waals surface area contributed by atoms with Crippen LogP contribution in [0.3, 0.4) is 0 Å². The minimum absolute atomic E-state index is 0. The Morgan fingerprint density at radius 2 is 1.83 bits per heavy atom. The SMILES string of the molecule is CCN(CC[N+](C)(C)C)c1ccc(N=Nc2ncn[nH]2)cc1.[Br-]. The fourth-order valence-corrected chi connectivity index (χ4v) is 1.97. The molecule has 1 heterocycles. The molecule has 1 aromatic heterocycles. The van der Waals surface area contributed by atoms with Gasteiger partial charge in [-0.25, -0.2) is 5.10 Å². The number of nitrogens with one attached hydrogen (secondary N) is 1. The van der Waals surface area contributed by atoms with Gasteiger partial charge in [0.05, 0.1) is 39.9 Å². The topological polar surface area (TPSA) is 69.5 Å². The number of hydrogen-bond donors (Lipinski definition) is 1. The summed E-state index contributed by atoms with van der Waals surface area (Å²) in [5.74, 6) is 0.405. The molecule has 0 aliphatic carbocycles. The molecule has 7 nitrogen and oxygen atoms in total. The monoisotopic (exact) mass is 381 g/mol. The summed E-state index contributed by atoms with van der Waals surface area (Å²) in [6.45, 7) is 5.28. The van der Waals surface area contributed by atoms with Crippen molar-refractivity contribution in [2.24, 2.45) is 10.2 Å². The maximum absolute atomic E-state index is 4.13. The zero-order chi connectivity index (χ0) is 16.0. The van der Waals surface area contributed by atoms with E-state index in [1.54, 1.807) is 0 Å². The third-order valence-electron chi connectivity index (χ3n) is 3.30. The maximum atomic E-state index is 4.13. The van der Waals surface area contributed by atoms with Crippen molar-refractivity contribution in [3.63, 3.8) is 0 Å². The number of anilines is 1. The third kappa shape index (κ3) is 6.45. The van der Waals surface area contributed by atoms with E-state index in [4.69, 9.17) is 0 Å². The molecule has 0 aliphatic rings. The molecule has 1 N–H and O–H groups in total. The van der Waals surface area contributed by atoms with Gasteiger partial charge < -0.3 is 26.4 Å². The number of rotatable bonds is 7. The summed E-state index contributed by atoms with van der Waals surface area (Å²) in [4.78, 5) is 6.26. The number of aromatic amines is 1. The number of aromatic nitrogens is 3. The molecule has 8 heteroatoms. The predicted molar refractivity (Wildman–Crippen MR) is 87.8 cm³/mol. The molecule has 23 heavy (non-hydrogen) atoms. The van der Waals surface area contributed by atoms with E-state index in [9.17, 15) is 0 Å². The Morgan fingerprint density at radius 1 is 1.13 bits per heavy atom. The number of hydrogen-bond acceptors (Lipinski definition) is 5. The van der Waals surface area contributed by atoms with Crippen LogP contribution in [-0.4, -0.2) is 60.4 Å². The summed E-state index contributed by atoms with van der Waals surface area (Å²) >= 11 is 0. The van der Waals surface area contributed by atoms with Crippen LogP contribution < -0.4 is 21.9 Å². The molecule has 0 fully saturated rings. The molecule has 1 aromatic carbocycles. The van der Waals surface area contributed by atoms with Crippen LogP contribution in [-0.2, 0) is 0 Å². The first kappa shape index (κ1) is 19.2. The molecule has 0 bridgehead atoms. The molecular weight excluding hydrogens is 358 g/mol. The molecule has 2 aromatic rings. The molecule has 126 valence electrons. The van der Waals surface area contributed by atoms with Gasteiger partial charge in [0.1, 0.15) is 6.33 Å². The van der Waals surface area contributed by atoms with Crippen LogP contribution in [0.4, 0.5) is 17.3 Å². The second kappa shape index (κ2) is 8.73. The standard InChI is InChI=1S/C15H24N7.BrH/c1-5-21(10-11-22(2,3)4)14-8-6-13(7-9-14)18-20-15-16-12-17-19-15;/h6-9,12H,5,10-11H2,1-4H3,(H,16,17,19);1H/q+1;/p-1. The van der Waals surface area contributed by atoms with Crippen LogP contribution in [0, 0.1) is 0 Å². The van der Waals surface area contributed by atoms with Crippen molar-refractivity contribution in [1.29, 1.82) is 0 Å². The lowest BCUT2D eigenvalue weighted by Crippen LogP contribution is -3.00. The minimum Gasteiger partial charge on any atom is -1.00 e. The molecule has 0 saturated heterocycles. The highest BCUT2D eigenvalue weighted by Gasteiger charge is 2.11. The molecule has 0 unspecified atom stereocenters. The third-order valence-corrected chi connectivity index (χ3v) is 3.30. The van der Waals surface area contributed by atoms with Crippen molar-refractivity contribution in [3.8, 4) is 0 Å². The summed E-state index contributed by atoms with van der Waals surface area (Å²) in [5, 5.41) is 14.5. The fourth-order valence-electron chi connectivity index (χ4n) is 1.97. The van der Waals surface area contributed by atoms with Crippen molar-refractivity contribution in [3.05, 3.63) is 30.6 Å². The first-order valence-corrected chi connectivity index (χ1v) is 7.40. The van der Waals surface area contributed by atoms with E-state index in [2.05, 4.69) is 70.5 Å². The number of H-pyrrole nitrogens is 1. The summed E-state index contributed by atoms with van der Waals surface area (Å²) in [6.07, 6.45) is 1.41. The van der Waals surface area contributed by atoms with Gasteiger partial charge in [-0.15, -0.1) is 10.2 Å². The summed E-state index contributed by atoms with van der Waals surface area (Å²) in [5.41, 5.74) is 2.00. The van der Waals surface area contributed by atoms with Crippen LogP contribution >= 0.6 is 0 Å². The van der Waals surface area contributed by atoms with E-state index in [1.165, 1.54) is 12.0 Å². The number of nitrogens with zero attached hydrogens (tertiary/aromatic N) is 6. The first-order chi connectivity index (χ1) is 10.5. The van der Waals surface area contributed by atoms with Gasteiger partial charge in [-0.2, -0.15) is 10.1 Å². The Labute approximate surface area is 147 Å². The number of quaternary nitrogens is 1. The second-order valence-electron chi connectivity index (χ2n) is 6.12. The van der Waals surface area contributed by atoms with Crippen LogP contribution in [0.25, 0.3) is 0 Å². The predicted octanol–water partition coefficient (Wildman–Crippen LogP) is -0.243. The van der Waals surface area contributed by atoms with E-state index in [1.807, 2.05) is 12.1 Å². The van der Waals surface area contributed by atoms with E-state index in [0.717, 1.165) is 29.8 Å². The smallest absolute Gasteiger partial charge is 0.264 e. The second-order valence-corrected chi connectivity index (χ2v) is 6.12. The fraction of sp³-hybridized carbons (Fsp3) is 0.467. The van der Waals surface area contributed by atoms with Gasteiger partial charge in [0.2, 0.25) is 0 Å². The van der Waals surface area contributed by atoms with Crippen LogP contribution in [0.15, 0.2) is 40.8 Å². The largest absolute Gasteiger partial charge is 1.00 e. The molecule has 0 atom stereocenters. The molecule has 2 rings (SSSR count). The molecular formula is C15H24BrN7. The normalized spacial score (nSPS) is 11.5. The minimum atomic E-state index is 0. The Balaban J connectivity index is 0.00000264. The summed E-state index contributed by atoms with van der Waals surface area (Å²) in [7, 11) is 6.63. The first-order valence-electron chi connectivity index (χ1n) is 7.40. The lowest BCUT2D eigenvalue weighted by Gasteiger charge is -2.29. The molecule has 0 amide bonds. The quantitative estimate of drug-likeness (QED) is 0.531. The van der Waals surface area contributed by atoms with Crippen LogP contribution in [0.5, 0.6) is 0 Å². The highest BCUT2D eigenvalue weighted by molar-refractivity contribution is 5.52. The Kier molecular flexibility index (Phi) is 7.31. The van der Waals surface area contributed by atoms with Crippen molar-refractivity contribution in [1.82, 2.24) is 15.2 Å². The van der Waals surface area contributed by atoms with Crippen LogP contribution in [0.2, 0.25) is 0 Å². The summed E-state index contributed by atoms with van der Waals surface area (Å²) < 4.78 is 0.958. The van der Waals surface area contributed by atoms with Crippen LogP contribution in [0.1, 0.15) is 6.92 Å². The van der Waals surface area contributed by atoms with Crippen molar-refractivity contribution >= 4 is 17.3 Å². The van der Waals surface area contributed by atoms with Gasteiger partial charge in [-0.3, -0.25) is 0 Å². The molecule has 0 radical (unpaired) electrons. The van der Waals surface area contributed by atoms with Gasteiger partial charge in [-0.05, 0) is 31.2 Å². The van der Waals surface area contributed by atoms with Gasteiger partial charge >= 0.3 is 0 Å². The van der Waals surface area contributed by atoms with Crippen molar-refractivity contribution < 1.29 is 21.5 Å². The molecule has 0 spiro atoms. The van der Waals surface area contributed by atoms with E-state index in [-0.39, 0.29) is 17.0 Å². The molecule has 0 aliphatic heterocycles. The van der Waals surface area contributed by atoms with Gasteiger partial charge in [0.25, 0.3) is 5.95 Å². The Hall–Kier alpha value is -1.80. The number of benzene rings is 1. The van der Waals surface area contributed by atoms with Gasteiger partial charge in [0, 0.05) is 12.2 Å². The highest BCUT2D eigenvalue weighted by atomic mass is 79.9. The van der Waals surface area contributed by atoms with E-state index in [0.29, 0.717) is 5.95 Å². The average Bonchev–Trinajstić information content (AvgIpc) is 2.99. The number of likely N-dealkylation sites (N-methyl/N-ethyl adjacent to an activating group) is 2. The van der Waals surface area contributed by atoms with Crippen molar-refractivity contribution in [2.75, 3.05) is 45.7 Å².